The third-order valence-corrected chi connectivity index (χ3v) is 5.61. The number of hydrogen-bond donors (Lipinski definition) is 0. The summed E-state index contributed by atoms with van der Waals surface area (Å²) in [6.45, 7) is 10.5. The molecule has 2 aromatic rings. The SMILES string of the molecule is CCOC(=O)CCc1cc(-c2c(C)cc(C3CC3C)cc2C)cc(C)c1F. The molecule has 3 heteroatoms. The summed E-state index contributed by atoms with van der Waals surface area (Å²) in [5.41, 5.74) is 7.27. The minimum Gasteiger partial charge on any atom is -0.466 e. The van der Waals surface area contributed by atoms with E-state index in [-0.39, 0.29) is 18.2 Å². The molecule has 2 nitrogen and oxygen atoms in total. The molecule has 27 heavy (non-hydrogen) atoms. The van der Waals surface area contributed by atoms with E-state index in [0.29, 0.717) is 30.1 Å². The molecular formula is C24H29FO2. The summed E-state index contributed by atoms with van der Waals surface area (Å²) in [7, 11) is 0. The minimum atomic E-state index is -0.282. The molecule has 1 aliphatic carbocycles. The van der Waals surface area contributed by atoms with Crippen molar-refractivity contribution in [2.75, 3.05) is 6.61 Å². The summed E-state index contributed by atoms with van der Waals surface area (Å²) in [5.74, 6) is 0.959. The molecule has 0 heterocycles. The zero-order valence-electron chi connectivity index (χ0n) is 17.0. The Morgan fingerprint density at radius 2 is 1.74 bits per heavy atom. The van der Waals surface area contributed by atoms with Crippen LogP contribution in [0.1, 0.15) is 60.4 Å². The van der Waals surface area contributed by atoms with E-state index in [2.05, 4.69) is 32.9 Å². The molecule has 0 bridgehead atoms. The number of benzene rings is 2. The van der Waals surface area contributed by atoms with Crippen LogP contribution in [0.5, 0.6) is 0 Å². The Balaban J connectivity index is 1.94. The lowest BCUT2D eigenvalue weighted by atomic mass is 9.89. The van der Waals surface area contributed by atoms with Gasteiger partial charge in [-0.15, -0.1) is 0 Å². The van der Waals surface area contributed by atoms with Gasteiger partial charge in [0, 0.05) is 6.42 Å². The van der Waals surface area contributed by atoms with Gasteiger partial charge >= 0.3 is 5.97 Å². The molecule has 1 aliphatic rings. The fourth-order valence-corrected chi connectivity index (χ4v) is 4.09. The van der Waals surface area contributed by atoms with E-state index >= 15 is 0 Å². The molecule has 0 N–H and O–H groups in total. The molecule has 0 radical (unpaired) electrons. The second kappa shape index (κ2) is 7.84. The van der Waals surface area contributed by atoms with Crippen molar-refractivity contribution in [1.29, 1.82) is 0 Å². The smallest absolute Gasteiger partial charge is 0.306 e. The first-order valence-electron chi connectivity index (χ1n) is 9.88. The molecule has 3 rings (SSSR count). The van der Waals surface area contributed by atoms with Gasteiger partial charge in [0.05, 0.1) is 6.61 Å². The number of aryl methyl sites for hydroxylation is 4. The maximum atomic E-state index is 14.6. The Morgan fingerprint density at radius 3 is 2.30 bits per heavy atom. The number of esters is 1. The zero-order chi connectivity index (χ0) is 19.7. The molecule has 0 saturated heterocycles. The van der Waals surface area contributed by atoms with E-state index in [4.69, 9.17) is 4.74 Å². The summed E-state index contributed by atoms with van der Waals surface area (Å²) >= 11 is 0. The number of hydrogen-bond acceptors (Lipinski definition) is 2. The van der Waals surface area contributed by atoms with Gasteiger partial charge in [-0.1, -0.05) is 19.1 Å². The first-order chi connectivity index (χ1) is 12.8. The average molecular weight is 368 g/mol. The first-order valence-corrected chi connectivity index (χ1v) is 9.88. The van der Waals surface area contributed by atoms with Crippen LogP contribution in [-0.2, 0) is 16.0 Å². The Morgan fingerprint density at radius 1 is 1.11 bits per heavy atom. The van der Waals surface area contributed by atoms with Gasteiger partial charge in [0.25, 0.3) is 0 Å². The average Bonchev–Trinajstić information content (AvgIpc) is 3.33. The maximum Gasteiger partial charge on any atom is 0.306 e. The highest BCUT2D eigenvalue weighted by molar-refractivity contribution is 5.73. The summed E-state index contributed by atoms with van der Waals surface area (Å²) < 4.78 is 19.6. The molecule has 0 amide bonds. The van der Waals surface area contributed by atoms with Gasteiger partial charge in [0.1, 0.15) is 5.82 Å². The van der Waals surface area contributed by atoms with Gasteiger partial charge in [0.15, 0.2) is 0 Å². The highest BCUT2D eigenvalue weighted by Crippen LogP contribution is 2.48. The number of carbonyl (C=O) groups is 1. The van der Waals surface area contributed by atoms with Crippen LogP contribution in [0.15, 0.2) is 24.3 Å². The van der Waals surface area contributed by atoms with Crippen molar-refractivity contribution in [3.05, 3.63) is 57.9 Å². The van der Waals surface area contributed by atoms with Crippen LogP contribution in [0.4, 0.5) is 4.39 Å². The molecule has 2 atom stereocenters. The lowest BCUT2D eigenvalue weighted by molar-refractivity contribution is -0.143. The predicted octanol–water partition coefficient (Wildman–Crippen LogP) is 6.04. The van der Waals surface area contributed by atoms with Crippen molar-refractivity contribution in [3.63, 3.8) is 0 Å². The lowest BCUT2D eigenvalue weighted by Crippen LogP contribution is -2.06. The van der Waals surface area contributed by atoms with Crippen molar-refractivity contribution in [3.8, 4) is 11.1 Å². The predicted molar refractivity (Wildman–Crippen MR) is 108 cm³/mol. The number of rotatable bonds is 6. The van der Waals surface area contributed by atoms with Crippen LogP contribution in [0.25, 0.3) is 11.1 Å². The third-order valence-electron chi connectivity index (χ3n) is 5.61. The highest BCUT2D eigenvalue weighted by Gasteiger charge is 2.34. The van der Waals surface area contributed by atoms with Gasteiger partial charge in [-0.05, 0) is 103 Å². The van der Waals surface area contributed by atoms with Crippen LogP contribution in [-0.4, -0.2) is 12.6 Å². The van der Waals surface area contributed by atoms with E-state index < -0.39 is 0 Å². The van der Waals surface area contributed by atoms with E-state index in [0.717, 1.165) is 11.5 Å². The number of ether oxygens (including phenoxy) is 1. The minimum absolute atomic E-state index is 0.199. The monoisotopic (exact) mass is 368 g/mol. The van der Waals surface area contributed by atoms with Crippen molar-refractivity contribution in [2.24, 2.45) is 5.92 Å². The molecule has 0 aliphatic heterocycles. The van der Waals surface area contributed by atoms with Crippen LogP contribution in [0, 0.1) is 32.5 Å². The van der Waals surface area contributed by atoms with E-state index in [9.17, 15) is 9.18 Å². The Bertz CT molecular complexity index is 846. The highest BCUT2D eigenvalue weighted by atomic mass is 19.1. The van der Waals surface area contributed by atoms with Gasteiger partial charge in [-0.3, -0.25) is 4.79 Å². The molecule has 1 fully saturated rings. The maximum absolute atomic E-state index is 14.6. The van der Waals surface area contributed by atoms with Crippen LogP contribution < -0.4 is 0 Å². The molecule has 2 aromatic carbocycles. The molecule has 0 spiro atoms. The quantitative estimate of drug-likeness (QED) is 0.581. The molecule has 144 valence electrons. The van der Waals surface area contributed by atoms with Crippen molar-refractivity contribution in [1.82, 2.24) is 0 Å². The van der Waals surface area contributed by atoms with E-state index in [1.54, 1.807) is 13.8 Å². The number of carbonyl (C=O) groups excluding carboxylic acids is 1. The molecular weight excluding hydrogens is 339 g/mol. The largest absolute Gasteiger partial charge is 0.466 e. The van der Waals surface area contributed by atoms with Gasteiger partial charge < -0.3 is 4.74 Å². The summed E-state index contributed by atoms with van der Waals surface area (Å²) in [6, 6.07) is 8.38. The second-order valence-corrected chi connectivity index (χ2v) is 7.92. The Labute approximate surface area is 161 Å². The summed E-state index contributed by atoms with van der Waals surface area (Å²) in [5, 5.41) is 0. The van der Waals surface area contributed by atoms with Crippen LogP contribution >= 0.6 is 0 Å². The summed E-state index contributed by atoms with van der Waals surface area (Å²) in [6.07, 6.45) is 1.82. The van der Waals surface area contributed by atoms with E-state index in [1.807, 2.05) is 12.1 Å². The fourth-order valence-electron chi connectivity index (χ4n) is 4.09. The third kappa shape index (κ3) is 4.23. The standard InChI is InChI=1S/C24H29FO2/c1-6-27-22(26)8-7-18-13-20(11-17(5)24(18)25)23-15(3)9-19(10-16(23)4)21-12-14(21)2/h9-11,13-14,21H,6-8,12H2,1-5H3. The topological polar surface area (TPSA) is 26.3 Å². The Hall–Kier alpha value is -2.16. The van der Waals surface area contributed by atoms with E-state index in [1.165, 1.54) is 28.7 Å². The Kier molecular flexibility index (Phi) is 5.69. The molecule has 1 saturated carbocycles. The van der Waals surface area contributed by atoms with Gasteiger partial charge in [0.2, 0.25) is 0 Å². The lowest BCUT2D eigenvalue weighted by Gasteiger charge is -2.16. The molecule has 0 aromatic heterocycles. The van der Waals surface area contributed by atoms with Gasteiger partial charge in [-0.25, -0.2) is 4.39 Å². The van der Waals surface area contributed by atoms with Crippen LogP contribution in [0.2, 0.25) is 0 Å². The van der Waals surface area contributed by atoms with Crippen molar-refractivity contribution >= 4 is 5.97 Å². The van der Waals surface area contributed by atoms with Crippen LogP contribution in [0.3, 0.4) is 0 Å². The zero-order valence-corrected chi connectivity index (χ0v) is 17.0. The number of halogens is 1. The second-order valence-electron chi connectivity index (χ2n) is 7.92. The van der Waals surface area contributed by atoms with Gasteiger partial charge in [-0.2, -0.15) is 0 Å². The first kappa shape index (κ1) is 19.6. The van der Waals surface area contributed by atoms with Crippen molar-refractivity contribution in [2.45, 2.75) is 59.8 Å². The normalized spacial score (nSPS) is 18.4. The fraction of sp³-hybridized carbons (Fsp3) is 0.458. The molecule has 2 unspecified atom stereocenters. The van der Waals surface area contributed by atoms with Crippen molar-refractivity contribution < 1.29 is 13.9 Å². The summed E-state index contributed by atoms with van der Waals surface area (Å²) in [4.78, 5) is 11.7.